The zero-order valence-electron chi connectivity index (χ0n) is 30.5. The summed E-state index contributed by atoms with van der Waals surface area (Å²) in [6.07, 6.45) is 4.84. The number of hydrogen-bond donors (Lipinski definition) is 0. The molecular formula is C45H50O6. The number of esters is 2. The predicted molar refractivity (Wildman–Crippen MR) is 204 cm³/mol. The highest BCUT2D eigenvalue weighted by Crippen LogP contribution is 2.56. The summed E-state index contributed by atoms with van der Waals surface area (Å²) in [5.41, 5.74) is 9.84. The lowest BCUT2D eigenvalue weighted by Crippen LogP contribution is -2.29. The van der Waals surface area contributed by atoms with Gasteiger partial charge in [0, 0.05) is 24.0 Å². The van der Waals surface area contributed by atoms with Gasteiger partial charge in [0.25, 0.3) is 0 Å². The van der Waals surface area contributed by atoms with E-state index >= 15 is 0 Å². The van der Waals surface area contributed by atoms with Crippen molar-refractivity contribution in [1.29, 1.82) is 0 Å². The molecule has 0 saturated heterocycles. The summed E-state index contributed by atoms with van der Waals surface area (Å²) in [7, 11) is 0. The fraction of sp³-hybridized carbons (Fsp3) is 0.333. The van der Waals surface area contributed by atoms with Crippen LogP contribution in [0, 0.1) is 0 Å². The summed E-state index contributed by atoms with van der Waals surface area (Å²) < 4.78 is 23.2. The molecule has 0 aromatic heterocycles. The number of ether oxygens (including phenoxy) is 4. The number of hydrogen-bond acceptors (Lipinski definition) is 6. The summed E-state index contributed by atoms with van der Waals surface area (Å²) >= 11 is 0. The van der Waals surface area contributed by atoms with E-state index in [-0.39, 0.29) is 25.2 Å². The van der Waals surface area contributed by atoms with Crippen molar-refractivity contribution in [3.05, 3.63) is 143 Å². The van der Waals surface area contributed by atoms with Crippen LogP contribution in [0.3, 0.4) is 0 Å². The number of fused-ring (bicyclic) bond motifs is 3. The van der Waals surface area contributed by atoms with Gasteiger partial charge in [-0.3, -0.25) is 0 Å². The van der Waals surface area contributed by atoms with Gasteiger partial charge in [-0.15, -0.1) is 0 Å². The minimum absolute atomic E-state index is 0.284. The molecule has 266 valence electrons. The van der Waals surface area contributed by atoms with E-state index in [1.165, 1.54) is 33.4 Å². The van der Waals surface area contributed by atoms with Crippen molar-refractivity contribution in [3.63, 3.8) is 0 Å². The predicted octanol–water partition coefficient (Wildman–Crippen LogP) is 9.73. The quantitative estimate of drug-likeness (QED) is 0.0519. The molecule has 0 amide bonds. The van der Waals surface area contributed by atoms with E-state index in [4.69, 9.17) is 18.9 Å². The average Bonchev–Trinajstić information content (AvgIpc) is 3.43. The first-order valence-electron chi connectivity index (χ1n) is 18.1. The first kappa shape index (κ1) is 37.2. The molecule has 1 aliphatic rings. The molecule has 4 aromatic rings. The van der Waals surface area contributed by atoms with Crippen LogP contribution in [0.5, 0.6) is 11.5 Å². The Morgan fingerprint density at radius 1 is 0.588 bits per heavy atom. The smallest absolute Gasteiger partial charge is 0.333 e. The van der Waals surface area contributed by atoms with Gasteiger partial charge in [0.2, 0.25) is 0 Å². The molecule has 0 saturated carbocycles. The Balaban J connectivity index is 1.53. The lowest BCUT2D eigenvalue weighted by molar-refractivity contribution is -0.140. The van der Waals surface area contributed by atoms with Crippen LogP contribution in [-0.4, -0.2) is 38.4 Å². The average molecular weight is 687 g/mol. The van der Waals surface area contributed by atoms with Crippen LogP contribution in [0.2, 0.25) is 0 Å². The van der Waals surface area contributed by atoms with E-state index in [0.717, 1.165) is 48.3 Å². The van der Waals surface area contributed by atoms with Crippen molar-refractivity contribution in [1.82, 2.24) is 0 Å². The Morgan fingerprint density at radius 3 is 1.39 bits per heavy atom. The molecular weight excluding hydrogens is 636 g/mol. The van der Waals surface area contributed by atoms with Gasteiger partial charge >= 0.3 is 11.9 Å². The third-order valence-corrected chi connectivity index (χ3v) is 9.23. The van der Waals surface area contributed by atoms with Gasteiger partial charge in [-0.2, -0.15) is 0 Å². The third-order valence-electron chi connectivity index (χ3n) is 9.23. The molecule has 0 bridgehead atoms. The van der Waals surface area contributed by atoms with Crippen LogP contribution in [0.25, 0.3) is 11.1 Å². The summed E-state index contributed by atoms with van der Waals surface area (Å²) in [5.74, 6) is 0.949. The van der Waals surface area contributed by atoms with Crippen molar-refractivity contribution in [3.8, 4) is 22.6 Å². The molecule has 0 unspecified atom stereocenters. The fourth-order valence-electron chi connectivity index (χ4n) is 6.92. The Kier molecular flexibility index (Phi) is 12.5. The highest BCUT2D eigenvalue weighted by Gasteiger charge is 2.46. The van der Waals surface area contributed by atoms with E-state index in [9.17, 15) is 9.59 Å². The van der Waals surface area contributed by atoms with Crippen molar-refractivity contribution in [2.75, 3.05) is 26.4 Å². The normalized spacial score (nSPS) is 12.4. The zero-order valence-corrected chi connectivity index (χ0v) is 30.5. The number of aryl methyl sites for hydroxylation is 2. The second-order valence-electron chi connectivity index (χ2n) is 13.2. The molecule has 5 rings (SSSR count). The van der Waals surface area contributed by atoms with E-state index in [0.29, 0.717) is 37.2 Å². The monoisotopic (exact) mass is 686 g/mol. The molecule has 51 heavy (non-hydrogen) atoms. The Labute approximate surface area is 303 Å². The second kappa shape index (κ2) is 17.2. The largest absolute Gasteiger partial charge is 0.493 e. The van der Waals surface area contributed by atoms with Crippen molar-refractivity contribution < 1.29 is 28.5 Å². The van der Waals surface area contributed by atoms with Crippen LogP contribution in [0.1, 0.15) is 86.8 Å². The van der Waals surface area contributed by atoms with Crippen LogP contribution < -0.4 is 9.47 Å². The Hall–Kier alpha value is -5.10. The topological polar surface area (TPSA) is 71.1 Å². The van der Waals surface area contributed by atoms with Crippen molar-refractivity contribution in [2.45, 2.75) is 71.6 Å². The van der Waals surface area contributed by atoms with Gasteiger partial charge < -0.3 is 18.9 Å². The maximum Gasteiger partial charge on any atom is 0.333 e. The van der Waals surface area contributed by atoms with Crippen molar-refractivity contribution in [2.24, 2.45) is 0 Å². The highest BCUT2D eigenvalue weighted by molar-refractivity contribution is 5.88. The number of carbonyl (C=O) groups is 2. The first-order chi connectivity index (χ1) is 24.7. The Bertz CT molecular complexity index is 1750. The second-order valence-corrected chi connectivity index (χ2v) is 13.2. The van der Waals surface area contributed by atoms with E-state index < -0.39 is 5.41 Å². The summed E-state index contributed by atoms with van der Waals surface area (Å²) in [6, 6.07) is 30.8. The molecule has 6 nitrogen and oxygen atoms in total. The summed E-state index contributed by atoms with van der Waals surface area (Å²) in [5, 5.41) is 0. The van der Waals surface area contributed by atoms with E-state index in [2.05, 4.69) is 112 Å². The van der Waals surface area contributed by atoms with Gasteiger partial charge in [-0.25, -0.2) is 9.59 Å². The number of benzene rings is 4. The standard InChI is InChI=1S/C45H50O6/c1-7-15-33-29-35(21-23-41(33)48-25-13-27-50-43(46)31(3)4)45(39-19-11-9-17-37(39)38-18-10-12-20-40(38)45)36-22-24-42(34(30-36)16-8-2)49-26-14-28-51-44(47)32(5)6/h9-12,17-24,29-30H,3,5,7-8,13-16,25-28H2,1-2,4,6H3. The first-order valence-corrected chi connectivity index (χ1v) is 18.1. The van der Waals surface area contributed by atoms with Gasteiger partial charge in [0.05, 0.1) is 31.8 Å². The van der Waals surface area contributed by atoms with Gasteiger partial charge in [-0.05, 0) is 83.3 Å². The molecule has 4 aromatic carbocycles. The van der Waals surface area contributed by atoms with Gasteiger partial charge in [0.15, 0.2) is 0 Å². The lowest BCUT2D eigenvalue weighted by atomic mass is 9.67. The molecule has 1 aliphatic carbocycles. The Morgan fingerprint density at radius 2 is 1.00 bits per heavy atom. The maximum absolute atomic E-state index is 11.8. The molecule has 0 radical (unpaired) electrons. The minimum Gasteiger partial charge on any atom is -0.493 e. The number of carbonyl (C=O) groups excluding carboxylic acids is 2. The number of rotatable bonds is 18. The molecule has 0 fully saturated rings. The zero-order chi connectivity index (χ0) is 36.4. The lowest BCUT2D eigenvalue weighted by Gasteiger charge is -2.35. The van der Waals surface area contributed by atoms with Crippen LogP contribution >= 0.6 is 0 Å². The third kappa shape index (κ3) is 8.12. The van der Waals surface area contributed by atoms with Crippen LogP contribution in [0.15, 0.2) is 109 Å². The van der Waals surface area contributed by atoms with E-state index in [1.807, 2.05) is 0 Å². The van der Waals surface area contributed by atoms with Gasteiger partial charge in [-0.1, -0.05) is 113 Å². The molecule has 0 atom stereocenters. The van der Waals surface area contributed by atoms with E-state index in [1.54, 1.807) is 13.8 Å². The SMILES string of the molecule is C=C(C)C(=O)OCCCOc1ccc(C2(c3ccc(OCCCOC(=O)C(=C)C)c(CCC)c3)c3ccccc3-c3ccccc32)cc1CCC. The summed E-state index contributed by atoms with van der Waals surface area (Å²) in [4.78, 5) is 23.6. The molecule has 0 N–H and O–H groups in total. The van der Waals surface area contributed by atoms with Crippen LogP contribution in [0.4, 0.5) is 0 Å². The fourth-order valence-corrected chi connectivity index (χ4v) is 6.92. The van der Waals surface area contributed by atoms with Gasteiger partial charge in [0.1, 0.15) is 11.5 Å². The maximum atomic E-state index is 11.8. The van der Waals surface area contributed by atoms with Crippen LogP contribution in [-0.2, 0) is 37.3 Å². The molecule has 0 spiro atoms. The molecule has 0 heterocycles. The summed E-state index contributed by atoms with van der Waals surface area (Å²) in [6.45, 7) is 16.4. The minimum atomic E-state index is -0.567. The molecule has 6 heteroatoms. The molecule has 0 aliphatic heterocycles. The highest BCUT2D eigenvalue weighted by atomic mass is 16.5. The van der Waals surface area contributed by atoms with Crippen molar-refractivity contribution >= 4 is 11.9 Å².